The van der Waals surface area contributed by atoms with Crippen LogP contribution in [-0.2, 0) is 0 Å². The number of hydrogen-bond acceptors (Lipinski definition) is 5. The number of nitrogens with one attached hydrogen (secondary N) is 1. The fourth-order valence-corrected chi connectivity index (χ4v) is 2.48. The van der Waals surface area contributed by atoms with Crippen LogP contribution < -0.4 is 14.8 Å². The summed E-state index contributed by atoms with van der Waals surface area (Å²) in [6, 6.07) is 9.11. The predicted octanol–water partition coefficient (Wildman–Crippen LogP) is 1.37. The molecule has 0 bridgehead atoms. The first kappa shape index (κ1) is 15.9. The lowest BCUT2D eigenvalue weighted by Gasteiger charge is -2.13. The van der Waals surface area contributed by atoms with Gasteiger partial charge in [0.15, 0.2) is 11.5 Å². The van der Waals surface area contributed by atoms with Crippen molar-refractivity contribution in [1.29, 1.82) is 5.26 Å². The van der Waals surface area contributed by atoms with Gasteiger partial charge in [0.05, 0.1) is 5.56 Å². The molecular formula is C17H18N4O3. The quantitative estimate of drug-likeness (QED) is 0.898. The molecule has 1 aliphatic heterocycles. The molecule has 0 radical (unpaired) electrons. The van der Waals surface area contributed by atoms with E-state index in [2.05, 4.69) is 11.4 Å². The third kappa shape index (κ3) is 3.05. The van der Waals surface area contributed by atoms with Crippen molar-refractivity contribution in [3.8, 4) is 23.3 Å². The lowest BCUT2D eigenvalue weighted by molar-refractivity contribution is 0.0944. The summed E-state index contributed by atoms with van der Waals surface area (Å²) in [5, 5.41) is 12.1. The van der Waals surface area contributed by atoms with E-state index in [0.717, 1.165) is 12.2 Å². The second kappa shape index (κ2) is 6.64. The molecule has 1 aromatic heterocycles. The number of rotatable bonds is 5. The maximum absolute atomic E-state index is 12.5. The van der Waals surface area contributed by atoms with E-state index in [1.54, 1.807) is 29.0 Å². The van der Waals surface area contributed by atoms with Gasteiger partial charge >= 0.3 is 0 Å². The molecule has 0 saturated carbocycles. The summed E-state index contributed by atoms with van der Waals surface area (Å²) in [5.41, 5.74) is 1.38. The first-order valence-electron chi connectivity index (χ1n) is 7.54. The molecule has 0 atom stereocenters. The normalized spacial score (nSPS) is 12.2. The fraction of sp³-hybridized carbons (Fsp3) is 0.294. The number of aromatic nitrogens is 1. The van der Waals surface area contributed by atoms with Crippen LogP contribution in [0.4, 0.5) is 0 Å². The van der Waals surface area contributed by atoms with Crippen molar-refractivity contribution in [1.82, 2.24) is 14.8 Å². The smallest absolute Gasteiger partial charge is 0.269 e. The van der Waals surface area contributed by atoms with Crippen LogP contribution in [0.2, 0.25) is 0 Å². The van der Waals surface area contributed by atoms with Crippen LogP contribution in [0.5, 0.6) is 11.5 Å². The summed E-state index contributed by atoms with van der Waals surface area (Å²) < 4.78 is 12.4. The second-order valence-electron chi connectivity index (χ2n) is 5.66. The Morgan fingerprint density at radius 1 is 1.33 bits per heavy atom. The third-order valence-electron chi connectivity index (χ3n) is 3.70. The molecule has 2 heterocycles. The first-order chi connectivity index (χ1) is 11.6. The molecule has 0 unspecified atom stereocenters. The summed E-state index contributed by atoms with van der Waals surface area (Å²) >= 11 is 0. The molecule has 7 heteroatoms. The third-order valence-corrected chi connectivity index (χ3v) is 3.70. The summed E-state index contributed by atoms with van der Waals surface area (Å²) in [6.07, 6.45) is 1.71. The van der Waals surface area contributed by atoms with Gasteiger partial charge in [-0.1, -0.05) is 0 Å². The number of likely N-dealkylation sites (N-methyl/N-ethyl adjacent to an activating group) is 1. The molecule has 1 aromatic carbocycles. The Hall–Kier alpha value is -2.98. The van der Waals surface area contributed by atoms with Crippen LogP contribution in [0.25, 0.3) is 5.69 Å². The van der Waals surface area contributed by atoms with E-state index >= 15 is 0 Å². The van der Waals surface area contributed by atoms with Gasteiger partial charge in [-0.15, -0.1) is 0 Å². The highest BCUT2D eigenvalue weighted by Crippen LogP contribution is 2.34. The maximum atomic E-state index is 12.5. The number of fused-ring (bicyclic) bond motifs is 1. The van der Waals surface area contributed by atoms with Gasteiger partial charge in [-0.05, 0) is 32.3 Å². The summed E-state index contributed by atoms with van der Waals surface area (Å²) in [4.78, 5) is 14.5. The topological polar surface area (TPSA) is 79.5 Å². The largest absolute Gasteiger partial charge is 0.454 e. The van der Waals surface area contributed by atoms with Gasteiger partial charge in [-0.2, -0.15) is 5.26 Å². The van der Waals surface area contributed by atoms with Gasteiger partial charge in [0.2, 0.25) is 6.79 Å². The zero-order valence-corrected chi connectivity index (χ0v) is 13.6. The van der Waals surface area contributed by atoms with Gasteiger partial charge in [0.25, 0.3) is 5.91 Å². The van der Waals surface area contributed by atoms with E-state index < -0.39 is 0 Å². The van der Waals surface area contributed by atoms with Crippen LogP contribution in [0, 0.1) is 11.3 Å². The van der Waals surface area contributed by atoms with Gasteiger partial charge in [0.1, 0.15) is 11.8 Å². The molecule has 1 amide bonds. The Morgan fingerprint density at radius 2 is 2.12 bits per heavy atom. The fourth-order valence-electron chi connectivity index (χ4n) is 2.48. The predicted molar refractivity (Wildman–Crippen MR) is 87.5 cm³/mol. The number of ether oxygens (including phenoxy) is 2. The van der Waals surface area contributed by atoms with Gasteiger partial charge in [-0.3, -0.25) is 4.79 Å². The van der Waals surface area contributed by atoms with Crippen LogP contribution >= 0.6 is 0 Å². The molecule has 0 aliphatic carbocycles. The van der Waals surface area contributed by atoms with E-state index in [-0.39, 0.29) is 12.7 Å². The minimum atomic E-state index is -0.281. The minimum Gasteiger partial charge on any atom is -0.454 e. The van der Waals surface area contributed by atoms with Gasteiger partial charge in [-0.25, -0.2) is 0 Å². The van der Waals surface area contributed by atoms with Crippen molar-refractivity contribution in [2.24, 2.45) is 0 Å². The molecule has 124 valence electrons. The Morgan fingerprint density at radius 3 is 2.88 bits per heavy atom. The highest BCUT2D eigenvalue weighted by Gasteiger charge is 2.20. The highest BCUT2D eigenvalue weighted by molar-refractivity contribution is 5.96. The lowest BCUT2D eigenvalue weighted by atomic mass is 10.2. The summed E-state index contributed by atoms with van der Waals surface area (Å²) in [5.74, 6) is 1.01. The van der Waals surface area contributed by atoms with Gasteiger partial charge < -0.3 is 24.3 Å². The first-order valence-corrected chi connectivity index (χ1v) is 7.54. The Labute approximate surface area is 140 Å². The highest BCUT2D eigenvalue weighted by atomic mass is 16.7. The molecule has 3 rings (SSSR count). The average Bonchev–Trinajstić information content (AvgIpc) is 3.19. The van der Waals surface area contributed by atoms with Crippen molar-refractivity contribution in [3.05, 3.63) is 41.7 Å². The monoisotopic (exact) mass is 326 g/mol. The molecule has 1 N–H and O–H groups in total. The molecule has 0 saturated heterocycles. The van der Waals surface area contributed by atoms with Crippen LogP contribution in [0.15, 0.2) is 30.5 Å². The van der Waals surface area contributed by atoms with Crippen molar-refractivity contribution < 1.29 is 14.3 Å². The maximum Gasteiger partial charge on any atom is 0.269 e. The summed E-state index contributed by atoms with van der Waals surface area (Å²) in [6.45, 7) is 1.41. The van der Waals surface area contributed by atoms with Crippen molar-refractivity contribution in [2.75, 3.05) is 34.0 Å². The van der Waals surface area contributed by atoms with Crippen LogP contribution in [0.3, 0.4) is 0 Å². The molecule has 1 aliphatic rings. The average molecular weight is 326 g/mol. The Balaban J connectivity index is 1.90. The number of nitriles is 1. The minimum absolute atomic E-state index is 0.186. The standard InChI is InChI=1S/C17H18N4O3/c1-20(2)8-6-19-17(22)16-12(10-18)5-7-21(16)13-3-4-14-15(9-13)24-11-23-14/h3-5,7,9H,6,8,11H2,1-2H3,(H,19,22). The number of nitrogens with zero attached hydrogens (tertiary/aromatic N) is 3. The van der Waals surface area contributed by atoms with Crippen molar-refractivity contribution in [3.63, 3.8) is 0 Å². The van der Waals surface area contributed by atoms with Gasteiger partial charge in [0, 0.05) is 31.0 Å². The second-order valence-corrected chi connectivity index (χ2v) is 5.66. The van der Waals surface area contributed by atoms with E-state index in [4.69, 9.17) is 9.47 Å². The molecular weight excluding hydrogens is 308 g/mol. The number of carbonyl (C=O) groups is 1. The molecule has 0 fully saturated rings. The zero-order valence-electron chi connectivity index (χ0n) is 13.6. The molecule has 2 aromatic rings. The number of benzene rings is 1. The number of amides is 1. The molecule has 0 spiro atoms. The summed E-state index contributed by atoms with van der Waals surface area (Å²) in [7, 11) is 3.87. The molecule has 24 heavy (non-hydrogen) atoms. The Bertz CT molecular complexity index is 805. The van der Waals surface area contributed by atoms with E-state index in [1.165, 1.54) is 0 Å². The van der Waals surface area contributed by atoms with Crippen molar-refractivity contribution in [2.45, 2.75) is 0 Å². The zero-order chi connectivity index (χ0) is 17.1. The Kier molecular flexibility index (Phi) is 4.40. The SMILES string of the molecule is CN(C)CCNC(=O)c1c(C#N)ccn1-c1ccc2c(c1)OCO2. The number of hydrogen-bond donors (Lipinski definition) is 1. The molecule has 7 nitrogen and oxygen atoms in total. The van der Waals surface area contributed by atoms with Crippen LogP contribution in [-0.4, -0.2) is 49.4 Å². The lowest BCUT2D eigenvalue weighted by Crippen LogP contribution is -2.32. The van der Waals surface area contributed by atoms with E-state index in [9.17, 15) is 10.1 Å². The van der Waals surface area contributed by atoms with Crippen molar-refractivity contribution >= 4 is 5.91 Å². The van der Waals surface area contributed by atoms with E-state index in [1.807, 2.05) is 25.1 Å². The van der Waals surface area contributed by atoms with Crippen LogP contribution in [0.1, 0.15) is 16.1 Å². The number of carbonyl (C=O) groups excluding carboxylic acids is 1. The van der Waals surface area contributed by atoms with E-state index in [0.29, 0.717) is 29.3 Å².